The van der Waals surface area contributed by atoms with Crippen molar-refractivity contribution in [2.24, 2.45) is 5.92 Å². The molecule has 3 heteroatoms. The van der Waals surface area contributed by atoms with E-state index in [1.165, 1.54) is 5.56 Å². The third kappa shape index (κ3) is 2.07. The van der Waals surface area contributed by atoms with E-state index < -0.39 is 0 Å². The second kappa shape index (κ2) is 4.46. The number of aryl methyl sites for hydroxylation is 1. The van der Waals surface area contributed by atoms with Crippen LogP contribution in [0.25, 0.3) is 0 Å². The Kier molecular flexibility index (Phi) is 3.20. The van der Waals surface area contributed by atoms with Crippen LogP contribution in [-0.4, -0.2) is 12.5 Å². The number of hydrogen-bond donors (Lipinski definition) is 0. The molecule has 1 aliphatic rings. The third-order valence-corrected chi connectivity index (χ3v) is 3.16. The summed E-state index contributed by atoms with van der Waals surface area (Å²) < 4.78 is 0. The van der Waals surface area contributed by atoms with Crippen LogP contribution in [-0.2, 0) is 11.2 Å². The summed E-state index contributed by atoms with van der Waals surface area (Å²) >= 11 is 5.96. The number of carbonyl (C=O) groups excluding carboxylic acids is 1. The van der Waals surface area contributed by atoms with Crippen molar-refractivity contribution in [2.75, 3.05) is 11.4 Å². The van der Waals surface area contributed by atoms with E-state index in [1.54, 1.807) is 0 Å². The molecular weight excluding hydrogens is 222 g/mol. The normalized spacial score (nSPS) is 15.1. The predicted molar refractivity (Wildman–Crippen MR) is 67.0 cm³/mol. The Hall–Kier alpha value is -1.02. The third-order valence-electron chi connectivity index (χ3n) is 2.92. The van der Waals surface area contributed by atoms with Crippen LogP contribution in [0.2, 0.25) is 5.02 Å². The summed E-state index contributed by atoms with van der Waals surface area (Å²) in [6, 6.07) is 5.78. The topological polar surface area (TPSA) is 20.3 Å². The zero-order valence-electron chi connectivity index (χ0n) is 9.66. The first-order valence-corrected chi connectivity index (χ1v) is 6.07. The molecule has 1 amide bonds. The zero-order chi connectivity index (χ0) is 11.7. The SMILES string of the molecule is CC(C)C(=O)N1CCCc2cc(Cl)ccc21. The molecule has 0 N–H and O–H groups in total. The Morgan fingerprint density at radius 1 is 1.44 bits per heavy atom. The first-order valence-electron chi connectivity index (χ1n) is 5.69. The Morgan fingerprint density at radius 2 is 2.19 bits per heavy atom. The molecule has 0 saturated carbocycles. The van der Waals surface area contributed by atoms with Crippen LogP contribution in [0.4, 0.5) is 5.69 Å². The molecule has 0 atom stereocenters. The van der Waals surface area contributed by atoms with Crippen molar-refractivity contribution >= 4 is 23.2 Å². The van der Waals surface area contributed by atoms with E-state index in [9.17, 15) is 4.79 Å². The van der Waals surface area contributed by atoms with Gasteiger partial charge in [-0.2, -0.15) is 0 Å². The van der Waals surface area contributed by atoms with E-state index >= 15 is 0 Å². The summed E-state index contributed by atoms with van der Waals surface area (Å²) in [5.41, 5.74) is 2.22. The highest BCUT2D eigenvalue weighted by Gasteiger charge is 2.24. The number of benzene rings is 1. The average molecular weight is 238 g/mol. The number of hydrogen-bond acceptors (Lipinski definition) is 1. The number of amides is 1. The molecule has 16 heavy (non-hydrogen) atoms. The number of rotatable bonds is 1. The standard InChI is InChI=1S/C13H16ClNO/c1-9(2)13(16)15-7-3-4-10-8-11(14)5-6-12(10)15/h5-6,8-9H,3-4,7H2,1-2H3. The summed E-state index contributed by atoms with van der Waals surface area (Å²) in [5, 5.41) is 0.748. The molecule has 0 aliphatic carbocycles. The van der Waals surface area contributed by atoms with Gasteiger partial charge in [-0.15, -0.1) is 0 Å². The van der Waals surface area contributed by atoms with Gasteiger partial charge < -0.3 is 4.90 Å². The molecule has 0 fully saturated rings. The van der Waals surface area contributed by atoms with Crippen molar-refractivity contribution in [2.45, 2.75) is 26.7 Å². The van der Waals surface area contributed by atoms with Crippen LogP contribution in [0, 0.1) is 5.92 Å². The Morgan fingerprint density at radius 3 is 2.88 bits per heavy atom. The summed E-state index contributed by atoms with van der Waals surface area (Å²) in [6.45, 7) is 4.70. The molecule has 0 unspecified atom stereocenters. The fourth-order valence-electron chi connectivity index (χ4n) is 2.11. The van der Waals surface area contributed by atoms with Gasteiger partial charge in [0.25, 0.3) is 0 Å². The number of fused-ring (bicyclic) bond motifs is 1. The van der Waals surface area contributed by atoms with Gasteiger partial charge in [0.15, 0.2) is 0 Å². The second-order valence-electron chi connectivity index (χ2n) is 4.52. The molecule has 2 rings (SSSR count). The van der Waals surface area contributed by atoms with Crippen molar-refractivity contribution in [3.63, 3.8) is 0 Å². The van der Waals surface area contributed by atoms with Gasteiger partial charge >= 0.3 is 0 Å². The summed E-state index contributed by atoms with van der Waals surface area (Å²) in [5.74, 6) is 0.241. The van der Waals surface area contributed by atoms with Crippen molar-refractivity contribution < 1.29 is 4.79 Å². The van der Waals surface area contributed by atoms with Gasteiger partial charge in [-0.3, -0.25) is 4.79 Å². The largest absolute Gasteiger partial charge is 0.312 e. The predicted octanol–water partition coefficient (Wildman–Crippen LogP) is 3.28. The lowest BCUT2D eigenvalue weighted by molar-refractivity contribution is -0.121. The summed E-state index contributed by atoms with van der Waals surface area (Å²) in [7, 11) is 0. The minimum atomic E-state index is 0.0432. The van der Waals surface area contributed by atoms with Crippen molar-refractivity contribution in [3.05, 3.63) is 28.8 Å². The van der Waals surface area contributed by atoms with Crippen LogP contribution >= 0.6 is 11.6 Å². The molecule has 1 aliphatic heterocycles. The van der Waals surface area contributed by atoms with E-state index in [2.05, 4.69) is 0 Å². The van der Waals surface area contributed by atoms with Crippen molar-refractivity contribution in [3.8, 4) is 0 Å². The maximum Gasteiger partial charge on any atom is 0.229 e. The minimum absolute atomic E-state index is 0.0432. The molecule has 1 aromatic carbocycles. The number of anilines is 1. The molecule has 1 heterocycles. The van der Waals surface area contributed by atoms with Gasteiger partial charge in [-0.1, -0.05) is 25.4 Å². The van der Waals surface area contributed by atoms with Gasteiger partial charge in [0.2, 0.25) is 5.91 Å². The molecule has 2 nitrogen and oxygen atoms in total. The smallest absolute Gasteiger partial charge is 0.229 e. The average Bonchev–Trinajstić information content (AvgIpc) is 2.26. The second-order valence-corrected chi connectivity index (χ2v) is 4.96. The lowest BCUT2D eigenvalue weighted by Crippen LogP contribution is -2.38. The molecule has 1 aromatic rings. The molecule has 0 bridgehead atoms. The molecule has 86 valence electrons. The highest BCUT2D eigenvalue weighted by atomic mass is 35.5. The van der Waals surface area contributed by atoms with Crippen molar-refractivity contribution in [1.29, 1.82) is 0 Å². The van der Waals surface area contributed by atoms with Gasteiger partial charge in [0.1, 0.15) is 0 Å². The number of halogens is 1. The highest BCUT2D eigenvalue weighted by Crippen LogP contribution is 2.30. The molecule has 0 spiro atoms. The monoisotopic (exact) mass is 237 g/mol. The Labute approximate surface area is 101 Å². The Bertz CT molecular complexity index is 414. The number of carbonyl (C=O) groups is 1. The van der Waals surface area contributed by atoms with Crippen LogP contribution < -0.4 is 4.90 Å². The van der Waals surface area contributed by atoms with E-state index in [4.69, 9.17) is 11.6 Å². The van der Waals surface area contributed by atoms with Gasteiger partial charge in [-0.25, -0.2) is 0 Å². The lowest BCUT2D eigenvalue weighted by Gasteiger charge is -2.30. The maximum absolute atomic E-state index is 12.0. The molecule has 0 saturated heterocycles. The van der Waals surface area contributed by atoms with E-state index in [0.717, 1.165) is 30.1 Å². The van der Waals surface area contributed by atoms with Crippen LogP contribution in [0.1, 0.15) is 25.8 Å². The van der Waals surface area contributed by atoms with Gasteiger partial charge in [0.05, 0.1) is 0 Å². The first-order chi connectivity index (χ1) is 7.59. The zero-order valence-corrected chi connectivity index (χ0v) is 10.4. The molecular formula is C13H16ClNO. The summed E-state index contributed by atoms with van der Waals surface area (Å²) in [6.07, 6.45) is 2.03. The van der Waals surface area contributed by atoms with Crippen LogP contribution in [0.5, 0.6) is 0 Å². The highest BCUT2D eigenvalue weighted by molar-refractivity contribution is 6.30. The quantitative estimate of drug-likeness (QED) is 0.734. The van der Waals surface area contributed by atoms with E-state index in [0.29, 0.717) is 0 Å². The molecule has 0 radical (unpaired) electrons. The maximum atomic E-state index is 12.0. The lowest BCUT2D eigenvalue weighted by atomic mass is 10.0. The number of nitrogens with zero attached hydrogens (tertiary/aromatic N) is 1. The van der Waals surface area contributed by atoms with E-state index in [1.807, 2.05) is 36.9 Å². The van der Waals surface area contributed by atoms with E-state index in [-0.39, 0.29) is 11.8 Å². The molecule has 0 aromatic heterocycles. The van der Waals surface area contributed by atoms with Crippen molar-refractivity contribution in [1.82, 2.24) is 0 Å². The van der Waals surface area contributed by atoms with Crippen LogP contribution in [0.3, 0.4) is 0 Å². The van der Waals surface area contributed by atoms with Gasteiger partial charge in [-0.05, 0) is 36.6 Å². The van der Waals surface area contributed by atoms with Crippen LogP contribution in [0.15, 0.2) is 18.2 Å². The van der Waals surface area contributed by atoms with Gasteiger partial charge in [0, 0.05) is 23.2 Å². The fourth-order valence-corrected chi connectivity index (χ4v) is 2.30. The Balaban J connectivity index is 2.37. The first kappa shape index (κ1) is 11.5. The minimum Gasteiger partial charge on any atom is -0.312 e. The fraction of sp³-hybridized carbons (Fsp3) is 0.462. The summed E-state index contributed by atoms with van der Waals surface area (Å²) in [4.78, 5) is 13.9.